The van der Waals surface area contributed by atoms with Gasteiger partial charge in [-0.15, -0.1) is 0 Å². The van der Waals surface area contributed by atoms with Gasteiger partial charge in [0.15, 0.2) is 11.5 Å². The summed E-state index contributed by atoms with van der Waals surface area (Å²) in [6, 6.07) is 12.4. The van der Waals surface area contributed by atoms with Crippen LogP contribution in [-0.2, 0) is 6.42 Å². The molecule has 0 spiro atoms. The summed E-state index contributed by atoms with van der Waals surface area (Å²) in [5.41, 5.74) is 5.86. The van der Waals surface area contributed by atoms with E-state index in [1.165, 1.54) is 22.4 Å². The van der Waals surface area contributed by atoms with E-state index in [2.05, 4.69) is 35.3 Å². The van der Waals surface area contributed by atoms with Crippen molar-refractivity contribution in [3.8, 4) is 0 Å². The van der Waals surface area contributed by atoms with Gasteiger partial charge in [-0.3, -0.25) is 0 Å². The molecule has 3 heteroatoms. The first-order chi connectivity index (χ1) is 9.81. The summed E-state index contributed by atoms with van der Waals surface area (Å²) < 4.78 is 7.66. The first kappa shape index (κ1) is 11.4. The third-order valence-electron chi connectivity index (χ3n) is 3.74. The molecular formula is C17H15N2O+. The molecule has 98 valence electrons. The monoisotopic (exact) mass is 263 g/mol. The fraction of sp³-hybridized carbons (Fsp3) is 0.176. The van der Waals surface area contributed by atoms with E-state index in [1.807, 2.05) is 29.8 Å². The molecule has 0 amide bonds. The zero-order valence-electron chi connectivity index (χ0n) is 11.3. The lowest BCUT2D eigenvalue weighted by atomic mass is 10.1. The van der Waals surface area contributed by atoms with Crippen LogP contribution in [0.15, 0.2) is 47.1 Å². The normalized spacial score (nSPS) is 15.9. The molecule has 3 nitrogen and oxygen atoms in total. The minimum Gasteiger partial charge on any atom is -0.300 e. The van der Waals surface area contributed by atoms with Gasteiger partial charge in [-0.1, -0.05) is 30.3 Å². The summed E-state index contributed by atoms with van der Waals surface area (Å²) in [5.74, 6) is 0.886. The predicted molar refractivity (Wildman–Crippen MR) is 77.0 cm³/mol. The van der Waals surface area contributed by atoms with Crippen LogP contribution in [0, 0.1) is 6.92 Å². The molecule has 0 fully saturated rings. The molecule has 0 atom stereocenters. The van der Waals surface area contributed by atoms with Gasteiger partial charge in [-0.2, -0.15) is 0 Å². The molecule has 2 heterocycles. The van der Waals surface area contributed by atoms with E-state index < -0.39 is 0 Å². The number of benzene rings is 1. The van der Waals surface area contributed by atoms with Crippen molar-refractivity contribution in [2.45, 2.75) is 19.8 Å². The molecule has 0 bridgehead atoms. The lowest BCUT2D eigenvalue weighted by molar-refractivity contribution is -0.721. The maximum atomic E-state index is 5.79. The predicted octanol–water partition coefficient (Wildman–Crippen LogP) is 3.21. The number of aryl methyl sites for hydroxylation is 2. The quantitative estimate of drug-likeness (QED) is 0.631. The number of aromatic nitrogens is 2. The molecule has 1 aromatic carbocycles. The Morgan fingerprint density at radius 3 is 2.90 bits per heavy atom. The number of allylic oxidation sites excluding steroid dienone is 1. The highest BCUT2D eigenvalue weighted by atomic mass is 16.5. The molecule has 0 unspecified atom stereocenters. The molecule has 0 saturated heterocycles. The third-order valence-corrected chi connectivity index (χ3v) is 3.74. The minimum atomic E-state index is 0.877. The summed E-state index contributed by atoms with van der Waals surface area (Å²) in [5, 5.41) is 0. The SMILES string of the molecule is Cc1cc2ncc3c([n+]2o1)/C(=C/c1ccccc1)CC3. The highest BCUT2D eigenvalue weighted by Crippen LogP contribution is 2.31. The lowest BCUT2D eigenvalue weighted by Gasteiger charge is -1.98. The van der Waals surface area contributed by atoms with Crippen molar-refractivity contribution in [1.82, 2.24) is 4.98 Å². The average Bonchev–Trinajstić information content (AvgIpc) is 3.02. The average molecular weight is 263 g/mol. The molecule has 0 saturated carbocycles. The van der Waals surface area contributed by atoms with Gasteiger partial charge in [-0.05, 0) is 41.0 Å². The van der Waals surface area contributed by atoms with E-state index in [9.17, 15) is 0 Å². The molecule has 0 radical (unpaired) electrons. The molecule has 0 aliphatic heterocycles. The second kappa shape index (κ2) is 4.30. The lowest BCUT2D eigenvalue weighted by Crippen LogP contribution is -2.25. The van der Waals surface area contributed by atoms with E-state index in [0.717, 1.165) is 24.2 Å². The van der Waals surface area contributed by atoms with E-state index in [-0.39, 0.29) is 0 Å². The van der Waals surface area contributed by atoms with Crippen molar-refractivity contribution in [2.24, 2.45) is 0 Å². The van der Waals surface area contributed by atoms with E-state index in [4.69, 9.17) is 4.52 Å². The Kier molecular flexibility index (Phi) is 2.46. The van der Waals surface area contributed by atoms with Crippen LogP contribution < -0.4 is 4.57 Å². The van der Waals surface area contributed by atoms with Gasteiger partial charge < -0.3 is 4.52 Å². The number of fused-ring (bicyclic) bond motifs is 3. The Morgan fingerprint density at radius 1 is 1.20 bits per heavy atom. The van der Waals surface area contributed by atoms with Gasteiger partial charge in [0.2, 0.25) is 0 Å². The van der Waals surface area contributed by atoms with Gasteiger partial charge in [0.25, 0.3) is 0 Å². The second-order valence-electron chi connectivity index (χ2n) is 5.21. The van der Waals surface area contributed by atoms with Gasteiger partial charge in [0.1, 0.15) is 6.20 Å². The van der Waals surface area contributed by atoms with Crippen LogP contribution in [0.3, 0.4) is 0 Å². The van der Waals surface area contributed by atoms with Crippen molar-refractivity contribution in [1.29, 1.82) is 0 Å². The van der Waals surface area contributed by atoms with Crippen molar-refractivity contribution in [3.63, 3.8) is 0 Å². The van der Waals surface area contributed by atoms with Crippen molar-refractivity contribution in [2.75, 3.05) is 0 Å². The summed E-state index contributed by atoms with van der Waals surface area (Å²) in [6.07, 6.45) is 6.29. The summed E-state index contributed by atoms with van der Waals surface area (Å²) in [6.45, 7) is 1.95. The molecule has 20 heavy (non-hydrogen) atoms. The van der Waals surface area contributed by atoms with Gasteiger partial charge in [0.05, 0.1) is 6.07 Å². The molecule has 2 aromatic heterocycles. The first-order valence-electron chi connectivity index (χ1n) is 6.88. The van der Waals surface area contributed by atoms with Crippen LogP contribution in [0.4, 0.5) is 0 Å². The van der Waals surface area contributed by atoms with Gasteiger partial charge in [0, 0.05) is 11.1 Å². The van der Waals surface area contributed by atoms with Crippen molar-refractivity contribution < 1.29 is 9.10 Å². The Bertz CT molecular complexity index is 816. The van der Waals surface area contributed by atoms with Crippen LogP contribution >= 0.6 is 0 Å². The highest BCUT2D eigenvalue weighted by Gasteiger charge is 2.28. The van der Waals surface area contributed by atoms with Crippen LogP contribution in [0.5, 0.6) is 0 Å². The van der Waals surface area contributed by atoms with E-state index >= 15 is 0 Å². The summed E-state index contributed by atoms with van der Waals surface area (Å²) in [4.78, 5) is 4.46. The topological polar surface area (TPSA) is 30.1 Å². The smallest absolute Gasteiger partial charge is 0.300 e. The zero-order chi connectivity index (χ0) is 13.5. The summed E-state index contributed by atoms with van der Waals surface area (Å²) >= 11 is 0. The molecule has 1 aliphatic rings. The van der Waals surface area contributed by atoms with Crippen LogP contribution in [0.25, 0.3) is 17.3 Å². The fourth-order valence-electron chi connectivity index (χ4n) is 2.84. The molecule has 1 aliphatic carbocycles. The van der Waals surface area contributed by atoms with Crippen LogP contribution in [0.1, 0.15) is 29.0 Å². The fourth-order valence-corrected chi connectivity index (χ4v) is 2.84. The number of rotatable bonds is 1. The molecule has 4 rings (SSSR count). The Morgan fingerprint density at radius 2 is 2.05 bits per heavy atom. The van der Waals surface area contributed by atoms with Gasteiger partial charge in [-0.25, -0.2) is 0 Å². The zero-order valence-corrected chi connectivity index (χ0v) is 11.3. The number of hydrogen-bond donors (Lipinski definition) is 0. The Hall–Kier alpha value is -2.42. The Labute approximate surface area is 117 Å². The van der Waals surface area contributed by atoms with E-state index in [0.29, 0.717) is 0 Å². The van der Waals surface area contributed by atoms with Crippen molar-refractivity contribution in [3.05, 3.63) is 65.2 Å². The maximum absolute atomic E-state index is 5.79. The standard InChI is InChI=1S/C17H15N2O/c1-12-9-16-18-11-15-8-7-14(17(15)19(16)20-12)10-13-5-3-2-4-6-13/h2-6,9-11H,7-8H2,1H3/q+1/b14-10+. The minimum absolute atomic E-state index is 0.877. The maximum Gasteiger partial charge on any atom is 0.366 e. The van der Waals surface area contributed by atoms with Crippen molar-refractivity contribution >= 4 is 17.3 Å². The molecule has 0 N–H and O–H groups in total. The number of hydrogen-bond acceptors (Lipinski definition) is 2. The Balaban J connectivity index is 1.92. The number of nitrogens with zero attached hydrogens (tertiary/aromatic N) is 2. The molecular weight excluding hydrogens is 248 g/mol. The third kappa shape index (κ3) is 1.74. The molecule has 3 aromatic rings. The largest absolute Gasteiger partial charge is 0.366 e. The van der Waals surface area contributed by atoms with Gasteiger partial charge >= 0.3 is 5.65 Å². The van der Waals surface area contributed by atoms with Crippen LogP contribution in [0.2, 0.25) is 0 Å². The first-order valence-corrected chi connectivity index (χ1v) is 6.88. The van der Waals surface area contributed by atoms with Crippen LogP contribution in [-0.4, -0.2) is 4.98 Å². The summed E-state index contributed by atoms with van der Waals surface area (Å²) in [7, 11) is 0. The van der Waals surface area contributed by atoms with E-state index in [1.54, 1.807) is 0 Å². The highest BCUT2D eigenvalue weighted by molar-refractivity contribution is 5.82. The second-order valence-corrected chi connectivity index (χ2v) is 5.21.